The number of thiophene rings is 1. The summed E-state index contributed by atoms with van der Waals surface area (Å²) in [6.45, 7) is 3.18. The van der Waals surface area contributed by atoms with Crippen molar-refractivity contribution in [2.75, 3.05) is 13.1 Å². The molecular formula is C18H21N3O2S. The number of nitrogens with one attached hydrogen (secondary N) is 1. The van der Waals surface area contributed by atoms with Crippen molar-refractivity contribution in [3.8, 4) is 0 Å². The predicted molar refractivity (Wildman–Crippen MR) is 93.7 cm³/mol. The summed E-state index contributed by atoms with van der Waals surface area (Å²) in [4.78, 5) is 31.6. The molecule has 1 fully saturated rings. The number of nitrogens with zero attached hydrogens (tertiary/aromatic N) is 2. The van der Waals surface area contributed by atoms with Crippen LogP contribution < -0.4 is 5.32 Å². The minimum atomic E-state index is -0.146. The van der Waals surface area contributed by atoms with E-state index in [4.69, 9.17) is 0 Å². The zero-order valence-electron chi connectivity index (χ0n) is 13.6. The highest BCUT2D eigenvalue weighted by Crippen LogP contribution is 2.22. The summed E-state index contributed by atoms with van der Waals surface area (Å²) in [5.41, 5.74) is 1.03. The summed E-state index contributed by atoms with van der Waals surface area (Å²) in [6, 6.07) is 7.45. The maximum Gasteiger partial charge on any atom is 0.263 e. The van der Waals surface area contributed by atoms with Crippen molar-refractivity contribution in [1.82, 2.24) is 15.2 Å². The first-order valence-corrected chi connectivity index (χ1v) is 9.06. The third-order valence-corrected chi connectivity index (χ3v) is 5.23. The van der Waals surface area contributed by atoms with E-state index >= 15 is 0 Å². The predicted octanol–water partition coefficient (Wildman–Crippen LogP) is 2.87. The van der Waals surface area contributed by atoms with E-state index < -0.39 is 0 Å². The lowest BCUT2D eigenvalue weighted by Gasteiger charge is -2.32. The van der Waals surface area contributed by atoms with Gasteiger partial charge in [-0.1, -0.05) is 6.07 Å². The minimum Gasteiger partial charge on any atom is -0.349 e. The van der Waals surface area contributed by atoms with Crippen LogP contribution in [0.15, 0.2) is 42.0 Å². The molecule has 2 aromatic rings. The standard InChI is InChI=1S/C18H21N3O2S/c1-13(14-6-8-19-9-7-14)20-17(22)15-4-2-10-21(12-15)18(23)16-5-3-11-24-16/h3,5-9,11,13,15H,2,4,10,12H2,1H3,(H,20,22). The van der Waals surface area contributed by atoms with Crippen molar-refractivity contribution in [1.29, 1.82) is 0 Å². The molecule has 3 rings (SSSR count). The number of carbonyl (C=O) groups is 2. The fourth-order valence-corrected chi connectivity index (χ4v) is 3.69. The van der Waals surface area contributed by atoms with Crippen LogP contribution in [0.4, 0.5) is 0 Å². The third-order valence-electron chi connectivity index (χ3n) is 4.38. The third kappa shape index (κ3) is 3.82. The molecule has 2 unspecified atom stereocenters. The highest BCUT2D eigenvalue weighted by molar-refractivity contribution is 7.12. The average molecular weight is 343 g/mol. The summed E-state index contributed by atoms with van der Waals surface area (Å²) in [7, 11) is 0. The number of likely N-dealkylation sites (tertiary alicyclic amines) is 1. The number of aromatic nitrogens is 1. The number of piperidine rings is 1. The Kier molecular flexibility index (Phi) is 5.25. The number of hydrogen-bond acceptors (Lipinski definition) is 4. The first-order chi connectivity index (χ1) is 11.6. The molecule has 0 bridgehead atoms. The molecule has 2 amide bonds. The number of hydrogen-bond donors (Lipinski definition) is 1. The van der Waals surface area contributed by atoms with Crippen LogP contribution in [0, 0.1) is 5.92 Å². The smallest absolute Gasteiger partial charge is 0.263 e. The molecule has 0 aromatic carbocycles. The van der Waals surface area contributed by atoms with Gasteiger partial charge >= 0.3 is 0 Å². The van der Waals surface area contributed by atoms with E-state index in [0.717, 1.165) is 29.8 Å². The van der Waals surface area contributed by atoms with Gasteiger partial charge < -0.3 is 10.2 Å². The van der Waals surface area contributed by atoms with Gasteiger partial charge in [-0.15, -0.1) is 11.3 Å². The van der Waals surface area contributed by atoms with Gasteiger partial charge in [0, 0.05) is 25.5 Å². The lowest BCUT2D eigenvalue weighted by molar-refractivity contribution is -0.127. The normalized spacial score (nSPS) is 18.9. The van der Waals surface area contributed by atoms with Crippen molar-refractivity contribution in [3.05, 3.63) is 52.5 Å². The second-order valence-electron chi connectivity index (χ2n) is 6.08. The van der Waals surface area contributed by atoms with Crippen LogP contribution in [0.5, 0.6) is 0 Å². The SMILES string of the molecule is CC(NC(=O)C1CCCN(C(=O)c2cccs2)C1)c1ccncc1. The van der Waals surface area contributed by atoms with Crippen LogP contribution in [0.3, 0.4) is 0 Å². The van der Waals surface area contributed by atoms with Crippen molar-refractivity contribution in [2.45, 2.75) is 25.8 Å². The molecule has 2 aromatic heterocycles. The largest absolute Gasteiger partial charge is 0.349 e. The number of amides is 2. The van der Waals surface area contributed by atoms with Crippen LogP contribution in [0.2, 0.25) is 0 Å². The summed E-state index contributed by atoms with van der Waals surface area (Å²) in [5.74, 6) is -0.0976. The zero-order valence-corrected chi connectivity index (χ0v) is 14.5. The fourth-order valence-electron chi connectivity index (χ4n) is 3.00. The van der Waals surface area contributed by atoms with E-state index in [1.807, 2.05) is 36.6 Å². The average Bonchev–Trinajstić information content (AvgIpc) is 3.16. The molecule has 3 heterocycles. The van der Waals surface area contributed by atoms with E-state index in [0.29, 0.717) is 6.54 Å². The second kappa shape index (κ2) is 7.57. The van der Waals surface area contributed by atoms with E-state index in [-0.39, 0.29) is 23.8 Å². The van der Waals surface area contributed by atoms with Gasteiger partial charge in [-0.3, -0.25) is 14.6 Å². The van der Waals surface area contributed by atoms with Gasteiger partial charge in [0.2, 0.25) is 5.91 Å². The summed E-state index contributed by atoms with van der Waals surface area (Å²) >= 11 is 1.44. The number of pyridine rings is 1. The van der Waals surface area contributed by atoms with Gasteiger partial charge in [0.1, 0.15) is 0 Å². The van der Waals surface area contributed by atoms with Crippen LogP contribution in [0.1, 0.15) is 41.0 Å². The molecule has 1 aliphatic heterocycles. The van der Waals surface area contributed by atoms with E-state index in [9.17, 15) is 9.59 Å². The van der Waals surface area contributed by atoms with Crippen LogP contribution in [-0.4, -0.2) is 34.8 Å². The van der Waals surface area contributed by atoms with Crippen LogP contribution >= 0.6 is 11.3 Å². The zero-order chi connectivity index (χ0) is 16.9. The summed E-state index contributed by atoms with van der Waals surface area (Å²) in [6.07, 6.45) is 5.13. The van der Waals surface area contributed by atoms with Gasteiger partial charge in [-0.25, -0.2) is 0 Å². The maximum atomic E-state index is 12.6. The molecule has 6 heteroatoms. The van der Waals surface area contributed by atoms with Gasteiger partial charge in [-0.05, 0) is 48.9 Å². The van der Waals surface area contributed by atoms with Gasteiger partial charge in [-0.2, -0.15) is 0 Å². The van der Waals surface area contributed by atoms with Crippen molar-refractivity contribution in [3.63, 3.8) is 0 Å². The molecule has 1 saturated heterocycles. The van der Waals surface area contributed by atoms with Gasteiger partial charge in [0.25, 0.3) is 5.91 Å². The van der Waals surface area contributed by atoms with Gasteiger partial charge in [0.05, 0.1) is 16.8 Å². The Morgan fingerprint density at radius 3 is 2.83 bits per heavy atom. The molecule has 2 atom stereocenters. The molecule has 0 aliphatic carbocycles. The Morgan fingerprint density at radius 1 is 1.33 bits per heavy atom. The Bertz CT molecular complexity index is 688. The lowest BCUT2D eigenvalue weighted by atomic mass is 9.96. The van der Waals surface area contributed by atoms with E-state index in [1.54, 1.807) is 17.3 Å². The Labute approximate surface area is 145 Å². The first-order valence-electron chi connectivity index (χ1n) is 8.18. The monoisotopic (exact) mass is 343 g/mol. The molecule has 24 heavy (non-hydrogen) atoms. The molecular weight excluding hydrogens is 322 g/mol. The van der Waals surface area contributed by atoms with Crippen LogP contribution in [-0.2, 0) is 4.79 Å². The lowest BCUT2D eigenvalue weighted by Crippen LogP contribution is -2.45. The molecule has 0 saturated carbocycles. The topological polar surface area (TPSA) is 62.3 Å². The summed E-state index contributed by atoms with van der Waals surface area (Å²) in [5, 5.41) is 4.96. The number of rotatable bonds is 4. The Hall–Kier alpha value is -2.21. The molecule has 5 nitrogen and oxygen atoms in total. The Balaban J connectivity index is 1.60. The van der Waals surface area contributed by atoms with Crippen LogP contribution in [0.25, 0.3) is 0 Å². The quantitative estimate of drug-likeness (QED) is 0.928. The summed E-state index contributed by atoms with van der Waals surface area (Å²) < 4.78 is 0. The second-order valence-corrected chi connectivity index (χ2v) is 7.03. The highest BCUT2D eigenvalue weighted by Gasteiger charge is 2.29. The minimum absolute atomic E-state index is 0.0167. The highest BCUT2D eigenvalue weighted by atomic mass is 32.1. The fraction of sp³-hybridized carbons (Fsp3) is 0.389. The molecule has 1 N–H and O–H groups in total. The molecule has 0 spiro atoms. The maximum absolute atomic E-state index is 12.6. The van der Waals surface area contributed by atoms with Crippen molar-refractivity contribution >= 4 is 23.2 Å². The van der Waals surface area contributed by atoms with E-state index in [2.05, 4.69) is 10.3 Å². The van der Waals surface area contributed by atoms with Gasteiger partial charge in [0.15, 0.2) is 0 Å². The molecule has 126 valence electrons. The van der Waals surface area contributed by atoms with E-state index in [1.165, 1.54) is 11.3 Å². The molecule has 1 aliphatic rings. The van der Waals surface area contributed by atoms with Crippen molar-refractivity contribution in [2.24, 2.45) is 5.92 Å². The first kappa shape index (κ1) is 16.6. The molecule has 0 radical (unpaired) electrons. The Morgan fingerprint density at radius 2 is 2.12 bits per heavy atom. The number of carbonyl (C=O) groups excluding carboxylic acids is 2. The van der Waals surface area contributed by atoms with Crippen molar-refractivity contribution < 1.29 is 9.59 Å².